The molecule has 184 valence electrons. The van der Waals surface area contributed by atoms with E-state index in [0.29, 0.717) is 11.8 Å². The van der Waals surface area contributed by atoms with Gasteiger partial charge in [0.1, 0.15) is 5.75 Å². The highest BCUT2D eigenvalue weighted by Gasteiger charge is 2.42. The number of hydrogen-bond acceptors (Lipinski definition) is 8. The lowest BCUT2D eigenvalue weighted by atomic mass is 9.73. The standard InChI is InChI=1S/C20H24N2O2.C4H6O6/c1-3-13-12-22-9-7-14(13)10-19(22)20(23)16-6-8-21-18-5-4-15(24-2)11-17(16)18;5-1(3(7)8)2(6)4(9)10/h3-6,8,11,13-14,19-20,23H,1,7,9-10,12H2,2H3;1-2,5-6H,(H,7,8)(H,9,10)/t13-,14?,19-,20?;/m1./s1. The van der Waals surface area contributed by atoms with Gasteiger partial charge < -0.3 is 30.3 Å². The first kappa shape index (κ1) is 25.6. The van der Waals surface area contributed by atoms with Crippen molar-refractivity contribution in [2.45, 2.75) is 37.2 Å². The number of nitrogens with zero attached hydrogens (tertiary/aromatic N) is 2. The van der Waals surface area contributed by atoms with E-state index in [-0.39, 0.29) is 6.04 Å². The van der Waals surface area contributed by atoms with E-state index in [1.807, 2.05) is 24.3 Å². The summed E-state index contributed by atoms with van der Waals surface area (Å²) in [6.45, 7) is 6.07. The van der Waals surface area contributed by atoms with Gasteiger partial charge in [0, 0.05) is 24.2 Å². The van der Waals surface area contributed by atoms with Crippen molar-refractivity contribution < 1.29 is 39.9 Å². The number of carboxylic acids is 2. The highest BCUT2D eigenvalue weighted by molar-refractivity contribution is 5.84. The minimum Gasteiger partial charge on any atom is -0.497 e. The summed E-state index contributed by atoms with van der Waals surface area (Å²) in [7, 11) is 1.66. The smallest absolute Gasteiger partial charge is 0.335 e. The average molecular weight is 475 g/mol. The first-order chi connectivity index (χ1) is 16.2. The molecule has 2 bridgehead atoms. The SMILES string of the molecule is C=C[C@@H]1CN2CCC1C[C@@H]2C(O)c1ccnc2ccc(OC)cc12.O=C(O)C(O)C(O)C(=O)O. The Bertz CT molecular complexity index is 1030. The summed E-state index contributed by atoms with van der Waals surface area (Å²) in [4.78, 5) is 26.4. The summed E-state index contributed by atoms with van der Waals surface area (Å²) in [6.07, 6.45) is 1.09. The Morgan fingerprint density at radius 1 is 1.18 bits per heavy atom. The number of aliphatic hydroxyl groups excluding tert-OH is 3. The molecule has 0 amide bonds. The number of pyridine rings is 1. The second-order valence-electron chi connectivity index (χ2n) is 8.54. The molecule has 3 saturated heterocycles. The van der Waals surface area contributed by atoms with E-state index in [4.69, 9.17) is 25.2 Å². The molecule has 5 unspecified atom stereocenters. The van der Waals surface area contributed by atoms with Gasteiger partial charge in [0.2, 0.25) is 0 Å². The van der Waals surface area contributed by atoms with Crippen LogP contribution in [0.2, 0.25) is 0 Å². The van der Waals surface area contributed by atoms with Crippen LogP contribution >= 0.6 is 0 Å². The predicted octanol–water partition coefficient (Wildman–Crippen LogP) is 1.05. The van der Waals surface area contributed by atoms with Gasteiger partial charge in [-0.2, -0.15) is 0 Å². The maximum Gasteiger partial charge on any atom is 0.335 e. The molecule has 0 radical (unpaired) electrons. The molecule has 0 spiro atoms. The number of ether oxygens (including phenoxy) is 1. The van der Waals surface area contributed by atoms with Crippen molar-refractivity contribution in [1.29, 1.82) is 0 Å². The van der Waals surface area contributed by atoms with Crippen molar-refractivity contribution in [2.75, 3.05) is 20.2 Å². The molecule has 1 aromatic heterocycles. The lowest BCUT2D eigenvalue weighted by Gasteiger charge is -2.50. The first-order valence-corrected chi connectivity index (χ1v) is 11.0. The van der Waals surface area contributed by atoms with E-state index in [1.165, 1.54) is 6.42 Å². The second-order valence-corrected chi connectivity index (χ2v) is 8.54. The third-order valence-corrected chi connectivity index (χ3v) is 6.62. The number of methoxy groups -OCH3 is 1. The Balaban J connectivity index is 0.000000277. The Kier molecular flexibility index (Phi) is 8.21. The molecule has 3 fully saturated rings. The summed E-state index contributed by atoms with van der Waals surface area (Å²) in [5.74, 6) is -1.53. The molecule has 1 aromatic carbocycles. The van der Waals surface area contributed by atoms with Crippen molar-refractivity contribution in [1.82, 2.24) is 9.88 Å². The average Bonchev–Trinajstić information content (AvgIpc) is 2.86. The van der Waals surface area contributed by atoms with Gasteiger partial charge in [0.25, 0.3) is 0 Å². The number of fused-ring (bicyclic) bond motifs is 4. The molecule has 2 aromatic rings. The van der Waals surface area contributed by atoms with Crippen LogP contribution in [0.25, 0.3) is 10.9 Å². The third-order valence-electron chi connectivity index (χ3n) is 6.62. The minimum absolute atomic E-state index is 0.178. The van der Waals surface area contributed by atoms with E-state index in [1.54, 1.807) is 13.3 Å². The Labute approximate surface area is 196 Å². The number of aromatic nitrogens is 1. The third kappa shape index (κ3) is 5.36. The number of piperidine rings is 3. The lowest BCUT2D eigenvalue weighted by molar-refractivity contribution is -0.165. The number of benzene rings is 1. The summed E-state index contributed by atoms with van der Waals surface area (Å²) in [6, 6.07) is 7.96. The van der Waals surface area contributed by atoms with Crippen LogP contribution in [0.15, 0.2) is 43.1 Å². The second kappa shape index (κ2) is 10.9. The molecule has 10 nitrogen and oxygen atoms in total. The van der Waals surface area contributed by atoms with Crippen LogP contribution in [0.5, 0.6) is 5.75 Å². The maximum absolute atomic E-state index is 11.2. The van der Waals surface area contributed by atoms with Gasteiger partial charge in [-0.3, -0.25) is 9.88 Å². The van der Waals surface area contributed by atoms with Gasteiger partial charge in [-0.1, -0.05) is 6.08 Å². The zero-order valence-electron chi connectivity index (χ0n) is 18.8. The molecule has 7 atom stereocenters. The van der Waals surface area contributed by atoms with Gasteiger partial charge in [-0.15, -0.1) is 6.58 Å². The van der Waals surface area contributed by atoms with Crippen molar-refractivity contribution in [2.24, 2.45) is 11.8 Å². The molecule has 10 heteroatoms. The molecule has 5 N–H and O–H groups in total. The number of carboxylic acid groups (broad SMARTS) is 2. The van der Waals surface area contributed by atoms with E-state index >= 15 is 0 Å². The van der Waals surface area contributed by atoms with Gasteiger partial charge in [-0.25, -0.2) is 9.59 Å². The monoisotopic (exact) mass is 474 g/mol. The Morgan fingerprint density at radius 3 is 2.38 bits per heavy atom. The van der Waals surface area contributed by atoms with Gasteiger partial charge in [0.05, 0.1) is 18.7 Å². The van der Waals surface area contributed by atoms with E-state index in [2.05, 4.69) is 22.5 Å². The van der Waals surface area contributed by atoms with Gasteiger partial charge in [-0.05, 0) is 61.1 Å². The topological polar surface area (TPSA) is 161 Å². The molecule has 34 heavy (non-hydrogen) atoms. The zero-order valence-corrected chi connectivity index (χ0v) is 18.8. The molecule has 5 rings (SSSR count). The van der Waals surface area contributed by atoms with Crippen molar-refractivity contribution in [3.05, 3.63) is 48.7 Å². The van der Waals surface area contributed by atoms with Crippen LogP contribution in [0, 0.1) is 11.8 Å². The summed E-state index contributed by atoms with van der Waals surface area (Å²) in [5, 5.41) is 44.7. The van der Waals surface area contributed by atoms with Crippen LogP contribution in [-0.2, 0) is 9.59 Å². The molecular formula is C24H30N2O8. The molecule has 3 aliphatic rings. The van der Waals surface area contributed by atoms with Gasteiger partial charge in [0.15, 0.2) is 12.2 Å². The highest BCUT2D eigenvalue weighted by Crippen LogP contribution is 2.42. The summed E-state index contributed by atoms with van der Waals surface area (Å²) < 4.78 is 5.35. The van der Waals surface area contributed by atoms with Crippen molar-refractivity contribution >= 4 is 22.8 Å². The van der Waals surface area contributed by atoms with Crippen LogP contribution in [-0.4, -0.2) is 85.8 Å². The fraction of sp³-hybridized carbons (Fsp3) is 0.458. The normalized spacial score (nSPS) is 26.0. The van der Waals surface area contributed by atoms with Crippen molar-refractivity contribution in [3.8, 4) is 5.75 Å². The quantitative estimate of drug-likeness (QED) is 0.367. The highest BCUT2D eigenvalue weighted by atomic mass is 16.5. The number of aliphatic hydroxyl groups is 3. The Hall–Kier alpha value is -3.05. The van der Waals surface area contributed by atoms with Gasteiger partial charge >= 0.3 is 11.9 Å². The number of aliphatic carboxylic acids is 2. The largest absolute Gasteiger partial charge is 0.497 e. The van der Waals surface area contributed by atoms with Crippen LogP contribution in [0.1, 0.15) is 24.5 Å². The van der Waals surface area contributed by atoms with E-state index in [0.717, 1.165) is 41.7 Å². The minimum atomic E-state index is -2.27. The summed E-state index contributed by atoms with van der Waals surface area (Å²) in [5.41, 5.74) is 1.85. The van der Waals surface area contributed by atoms with Crippen LogP contribution < -0.4 is 4.74 Å². The summed E-state index contributed by atoms with van der Waals surface area (Å²) >= 11 is 0. The predicted molar refractivity (Wildman–Crippen MR) is 122 cm³/mol. The fourth-order valence-corrected chi connectivity index (χ4v) is 4.71. The van der Waals surface area contributed by atoms with Crippen molar-refractivity contribution in [3.63, 3.8) is 0 Å². The van der Waals surface area contributed by atoms with E-state index < -0.39 is 30.3 Å². The number of carbonyl (C=O) groups is 2. The number of rotatable bonds is 7. The lowest BCUT2D eigenvalue weighted by Crippen LogP contribution is -2.54. The Morgan fingerprint density at radius 2 is 1.85 bits per heavy atom. The van der Waals surface area contributed by atoms with E-state index in [9.17, 15) is 14.7 Å². The van der Waals surface area contributed by atoms with Crippen LogP contribution in [0.4, 0.5) is 0 Å². The van der Waals surface area contributed by atoms with Crippen LogP contribution in [0.3, 0.4) is 0 Å². The number of hydrogen-bond donors (Lipinski definition) is 5. The molecule has 3 aliphatic heterocycles. The molecular weight excluding hydrogens is 444 g/mol. The molecule has 0 aliphatic carbocycles. The molecule has 0 saturated carbocycles. The molecule has 4 heterocycles. The maximum atomic E-state index is 11.2. The fourth-order valence-electron chi connectivity index (χ4n) is 4.71. The first-order valence-electron chi connectivity index (χ1n) is 11.0. The zero-order chi connectivity index (χ0) is 25.0.